The van der Waals surface area contributed by atoms with Gasteiger partial charge in [-0.05, 0) is 43.9 Å². The van der Waals surface area contributed by atoms with Crippen LogP contribution in [0.1, 0.15) is 44.1 Å². The lowest BCUT2D eigenvalue weighted by Gasteiger charge is -2.33. The molecule has 25 heavy (non-hydrogen) atoms. The van der Waals surface area contributed by atoms with Gasteiger partial charge in [-0.2, -0.15) is 0 Å². The number of carbonyl (C=O) groups excluding carboxylic acids is 1. The maximum atomic E-state index is 12.6. The fraction of sp³-hybridized carbons (Fsp3) is 0.571. The number of hydrogen-bond acceptors (Lipinski definition) is 2. The van der Waals surface area contributed by atoms with Crippen molar-refractivity contribution in [3.63, 3.8) is 0 Å². The summed E-state index contributed by atoms with van der Waals surface area (Å²) in [6, 6.07) is 9.04. The third-order valence-corrected chi connectivity index (χ3v) is 6.06. The predicted octanol–water partition coefficient (Wildman–Crippen LogP) is 3.45. The highest BCUT2D eigenvalue weighted by Gasteiger charge is 2.37. The minimum atomic E-state index is 0.174. The molecule has 1 saturated heterocycles. The van der Waals surface area contributed by atoms with Gasteiger partial charge in [-0.3, -0.25) is 9.69 Å². The van der Waals surface area contributed by atoms with Crippen LogP contribution in [0.3, 0.4) is 0 Å². The summed E-state index contributed by atoms with van der Waals surface area (Å²) in [5.41, 5.74) is 2.68. The molecule has 1 aromatic heterocycles. The van der Waals surface area contributed by atoms with E-state index in [1.807, 2.05) is 0 Å². The van der Waals surface area contributed by atoms with Gasteiger partial charge in [0.15, 0.2) is 0 Å². The van der Waals surface area contributed by atoms with Crippen LogP contribution in [0.4, 0.5) is 0 Å². The highest BCUT2D eigenvalue weighted by atomic mass is 16.1. The van der Waals surface area contributed by atoms with E-state index >= 15 is 0 Å². The number of rotatable bonds is 2. The Bertz CT molecular complexity index is 751. The number of nitrogens with one attached hydrogen (secondary N) is 1. The lowest BCUT2D eigenvalue weighted by molar-refractivity contribution is -0.126. The summed E-state index contributed by atoms with van der Waals surface area (Å²) in [7, 11) is 2.13. The lowest BCUT2D eigenvalue weighted by Crippen LogP contribution is -2.45. The van der Waals surface area contributed by atoms with Crippen LogP contribution in [-0.2, 0) is 18.4 Å². The van der Waals surface area contributed by atoms with Gasteiger partial charge in [-0.15, -0.1) is 0 Å². The van der Waals surface area contributed by atoms with Crippen molar-refractivity contribution in [2.45, 2.75) is 51.1 Å². The molecule has 2 aliphatic rings. The first kappa shape index (κ1) is 16.6. The largest absolute Gasteiger partial charge is 0.356 e. The molecule has 1 N–H and O–H groups in total. The molecule has 0 unspecified atom stereocenters. The molecular formula is C21H29N3O. The fourth-order valence-corrected chi connectivity index (χ4v) is 4.78. The van der Waals surface area contributed by atoms with Gasteiger partial charge in [-0.1, -0.05) is 31.0 Å². The molecule has 0 radical (unpaired) electrons. The molecule has 2 atom stereocenters. The van der Waals surface area contributed by atoms with Gasteiger partial charge < -0.3 is 9.88 Å². The van der Waals surface area contributed by atoms with Crippen molar-refractivity contribution in [1.82, 2.24) is 14.8 Å². The maximum absolute atomic E-state index is 12.6. The minimum absolute atomic E-state index is 0.174. The molecule has 1 amide bonds. The molecule has 4 heteroatoms. The summed E-state index contributed by atoms with van der Waals surface area (Å²) >= 11 is 0. The number of para-hydroxylation sites is 1. The van der Waals surface area contributed by atoms with Crippen LogP contribution < -0.4 is 5.32 Å². The lowest BCUT2D eigenvalue weighted by atomic mass is 9.98. The van der Waals surface area contributed by atoms with E-state index < -0.39 is 0 Å². The molecule has 1 aliphatic carbocycles. The highest BCUT2D eigenvalue weighted by Crippen LogP contribution is 2.33. The van der Waals surface area contributed by atoms with Crippen LogP contribution in [0.15, 0.2) is 30.5 Å². The molecule has 1 saturated carbocycles. The Morgan fingerprint density at radius 1 is 1.12 bits per heavy atom. The summed E-state index contributed by atoms with van der Waals surface area (Å²) in [5.74, 6) is 0.459. The monoisotopic (exact) mass is 339 g/mol. The van der Waals surface area contributed by atoms with Gasteiger partial charge in [0.25, 0.3) is 0 Å². The summed E-state index contributed by atoms with van der Waals surface area (Å²) in [6.45, 7) is 2.92. The second-order valence-corrected chi connectivity index (χ2v) is 7.71. The Hall–Kier alpha value is -1.81. The van der Waals surface area contributed by atoms with Crippen LogP contribution in [-0.4, -0.2) is 34.5 Å². The normalized spacial score (nSPS) is 25.7. The molecular weight excluding hydrogens is 310 g/mol. The first-order valence-corrected chi connectivity index (χ1v) is 9.79. The van der Waals surface area contributed by atoms with Gasteiger partial charge in [0.1, 0.15) is 0 Å². The third-order valence-electron chi connectivity index (χ3n) is 6.06. The first-order chi connectivity index (χ1) is 12.2. The molecule has 2 heterocycles. The van der Waals surface area contributed by atoms with Crippen LogP contribution >= 0.6 is 0 Å². The predicted molar refractivity (Wildman–Crippen MR) is 101 cm³/mol. The smallest absolute Gasteiger partial charge is 0.224 e. The SMILES string of the molecule is Cn1cc(CN2CCCCCNC(=O)[C@@H]3CCC[C@@H]32)c2ccccc21. The highest BCUT2D eigenvalue weighted by molar-refractivity contribution is 5.84. The van der Waals surface area contributed by atoms with Crippen LogP contribution in [0.5, 0.6) is 0 Å². The number of aromatic nitrogens is 1. The number of carbonyl (C=O) groups is 1. The van der Waals surface area contributed by atoms with E-state index in [0.29, 0.717) is 6.04 Å². The van der Waals surface area contributed by atoms with Crippen molar-refractivity contribution < 1.29 is 4.79 Å². The first-order valence-electron chi connectivity index (χ1n) is 9.79. The van der Waals surface area contributed by atoms with Crippen molar-refractivity contribution in [2.75, 3.05) is 13.1 Å². The second-order valence-electron chi connectivity index (χ2n) is 7.71. The van der Waals surface area contributed by atoms with E-state index in [9.17, 15) is 4.79 Å². The molecule has 1 aromatic carbocycles. The molecule has 134 valence electrons. The molecule has 4 nitrogen and oxygen atoms in total. The van der Waals surface area contributed by atoms with Crippen molar-refractivity contribution in [1.29, 1.82) is 0 Å². The molecule has 2 aromatic rings. The average molecular weight is 339 g/mol. The molecule has 2 fully saturated rings. The van der Waals surface area contributed by atoms with Crippen molar-refractivity contribution in [3.8, 4) is 0 Å². The second kappa shape index (κ2) is 7.20. The molecule has 0 spiro atoms. The summed E-state index contributed by atoms with van der Waals surface area (Å²) in [6.07, 6.45) is 9.17. The van der Waals surface area contributed by atoms with E-state index in [2.05, 4.69) is 52.3 Å². The van der Waals surface area contributed by atoms with E-state index in [-0.39, 0.29) is 11.8 Å². The number of nitrogens with zero attached hydrogens (tertiary/aromatic N) is 2. The Balaban J connectivity index is 1.62. The number of fused-ring (bicyclic) bond motifs is 2. The zero-order valence-electron chi connectivity index (χ0n) is 15.2. The maximum Gasteiger partial charge on any atom is 0.224 e. The van der Waals surface area contributed by atoms with Crippen LogP contribution in [0.2, 0.25) is 0 Å². The van der Waals surface area contributed by atoms with Crippen molar-refractivity contribution in [2.24, 2.45) is 13.0 Å². The summed E-state index contributed by atoms with van der Waals surface area (Å²) in [5, 5.41) is 4.52. The van der Waals surface area contributed by atoms with Gasteiger partial charge in [0, 0.05) is 43.3 Å². The summed E-state index contributed by atoms with van der Waals surface area (Å²) < 4.78 is 2.23. The fourth-order valence-electron chi connectivity index (χ4n) is 4.78. The van der Waals surface area contributed by atoms with Crippen LogP contribution in [0.25, 0.3) is 10.9 Å². The molecule has 1 aliphatic heterocycles. The van der Waals surface area contributed by atoms with E-state index in [1.165, 1.54) is 35.7 Å². The number of hydrogen-bond donors (Lipinski definition) is 1. The number of aryl methyl sites for hydroxylation is 1. The van der Waals surface area contributed by atoms with Crippen molar-refractivity contribution >= 4 is 16.8 Å². The van der Waals surface area contributed by atoms with Gasteiger partial charge in [0.05, 0.1) is 5.92 Å². The third kappa shape index (κ3) is 3.32. The Morgan fingerprint density at radius 2 is 2.00 bits per heavy atom. The van der Waals surface area contributed by atoms with E-state index in [0.717, 1.165) is 38.9 Å². The average Bonchev–Trinajstić information content (AvgIpc) is 3.22. The number of amides is 1. The minimum Gasteiger partial charge on any atom is -0.356 e. The standard InChI is InChI=1S/C21H29N3O/c1-23-14-16(17-8-3-4-10-19(17)23)15-24-13-6-2-5-12-22-21(25)18-9-7-11-20(18)24/h3-4,8,10,14,18,20H,2,5-7,9,11-13,15H2,1H3,(H,22,25)/t18-,20+/m1/s1. The molecule has 4 rings (SSSR count). The zero-order chi connectivity index (χ0) is 17.2. The number of benzene rings is 1. The Kier molecular flexibility index (Phi) is 4.80. The quantitative estimate of drug-likeness (QED) is 0.910. The summed E-state index contributed by atoms with van der Waals surface area (Å²) in [4.78, 5) is 15.2. The van der Waals surface area contributed by atoms with Crippen molar-refractivity contribution in [3.05, 3.63) is 36.0 Å². The van der Waals surface area contributed by atoms with Gasteiger partial charge >= 0.3 is 0 Å². The topological polar surface area (TPSA) is 37.3 Å². The van der Waals surface area contributed by atoms with E-state index in [1.54, 1.807) is 0 Å². The Labute approximate surface area is 150 Å². The van der Waals surface area contributed by atoms with Crippen LogP contribution in [0, 0.1) is 5.92 Å². The molecule has 0 bridgehead atoms. The van der Waals surface area contributed by atoms with Gasteiger partial charge in [-0.25, -0.2) is 0 Å². The zero-order valence-corrected chi connectivity index (χ0v) is 15.2. The van der Waals surface area contributed by atoms with Gasteiger partial charge in [0.2, 0.25) is 5.91 Å². The van der Waals surface area contributed by atoms with E-state index in [4.69, 9.17) is 0 Å². The Morgan fingerprint density at radius 3 is 2.92 bits per heavy atom.